The first-order chi connectivity index (χ1) is 7.22. The van der Waals surface area contributed by atoms with Gasteiger partial charge in [0, 0.05) is 26.2 Å². The Kier molecular flexibility index (Phi) is 3.26. The standard InChI is InChI=1S/C11H20N2O2/c1-15-5-4-11(14)13-6-8-2-3-10(12)9(8)7-13/h8-10H,2-7,12H2,1H3. The number of carbonyl (C=O) groups excluding carboxylic acids is 1. The van der Waals surface area contributed by atoms with Gasteiger partial charge in [-0.1, -0.05) is 0 Å². The monoisotopic (exact) mass is 212 g/mol. The summed E-state index contributed by atoms with van der Waals surface area (Å²) in [5, 5.41) is 0. The van der Waals surface area contributed by atoms with Gasteiger partial charge >= 0.3 is 0 Å². The Morgan fingerprint density at radius 1 is 1.47 bits per heavy atom. The van der Waals surface area contributed by atoms with Gasteiger partial charge in [-0.05, 0) is 24.7 Å². The molecule has 2 fully saturated rings. The number of likely N-dealkylation sites (tertiary alicyclic amines) is 1. The van der Waals surface area contributed by atoms with Crippen molar-refractivity contribution >= 4 is 5.91 Å². The molecule has 2 rings (SSSR count). The van der Waals surface area contributed by atoms with Crippen LogP contribution >= 0.6 is 0 Å². The second kappa shape index (κ2) is 4.49. The fraction of sp³-hybridized carbons (Fsp3) is 0.909. The zero-order chi connectivity index (χ0) is 10.8. The summed E-state index contributed by atoms with van der Waals surface area (Å²) >= 11 is 0. The molecule has 1 amide bonds. The van der Waals surface area contributed by atoms with E-state index < -0.39 is 0 Å². The Hall–Kier alpha value is -0.610. The van der Waals surface area contributed by atoms with Crippen molar-refractivity contribution in [1.29, 1.82) is 0 Å². The van der Waals surface area contributed by atoms with Gasteiger partial charge in [-0.2, -0.15) is 0 Å². The number of carbonyl (C=O) groups is 1. The van der Waals surface area contributed by atoms with Crippen LogP contribution in [0.1, 0.15) is 19.3 Å². The molecule has 2 N–H and O–H groups in total. The molecule has 2 aliphatic rings. The van der Waals surface area contributed by atoms with E-state index in [4.69, 9.17) is 10.5 Å². The van der Waals surface area contributed by atoms with E-state index in [2.05, 4.69) is 0 Å². The SMILES string of the molecule is COCCC(=O)N1CC2CCC(N)C2C1. The maximum atomic E-state index is 11.7. The topological polar surface area (TPSA) is 55.6 Å². The number of ether oxygens (including phenoxy) is 1. The van der Waals surface area contributed by atoms with E-state index in [1.54, 1.807) is 7.11 Å². The molecule has 1 aliphatic heterocycles. The molecule has 4 nitrogen and oxygen atoms in total. The average molecular weight is 212 g/mol. The van der Waals surface area contributed by atoms with Crippen molar-refractivity contribution in [3.05, 3.63) is 0 Å². The second-order valence-corrected chi connectivity index (χ2v) is 4.71. The lowest BCUT2D eigenvalue weighted by molar-refractivity contribution is -0.131. The number of nitrogens with two attached hydrogens (primary N) is 1. The van der Waals surface area contributed by atoms with Gasteiger partial charge in [0.25, 0.3) is 0 Å². The van der Waals surface area contributed by atoms with Crippen LogP contribution < -0.4 is 5.73 Å². The summed E-state index contributed by atoms with van der Waals surface area (Å²) in [7, 11) is 1.63. The van der Waals surface area contributed by atoms with E-state index in [-0.39, 0.29) is 5.91 Å². The first-order valence-corrected chi connectivity index (χ1v) is 5.74. The summed E-state index contributed by atoms with van der Waals surface area (Å²) in [5.74, 6) is 1.43. The summed E-state index contributed by atoms with van der Waals surface area (Å²) in [6.45, 7) is 2.31. The molecule has 0 aromatic rings. The number of nitrogens with zero attached hydrogens (tertiary/aromatic N) is 1. The molecule has 1 heterocycles. The summed E-state index contributed by atoms with van der Waals surface area (Å²) in [4.78, 5) is 13.7. The number of hydrogen-bond donors (Lipinski definition) is 1. The van der Waals surface area contributed by atoms with Crippen molar-refractivity contribution in [1.82, 2.24) is 4.90 Å². The Labute approximate surface area is 90.8 Å². The van der Waals surface area contributed by atoms with Gasteiger partial charge in [0.2, 0.25) is 5.91 Å². The average Bonchev–Trinajstić information content (AvgIpc) is 2.78. The third-order valence-corrected chi connectivity index (χ3v) is 3.79. The van der Waals surface area contributed by atoms with Crippen LogP contribution in [-0.2, 0) is 9.53 Å². The van der Waals surface area contributed by atoms with Crippen molar-refractivity contribution in [2.45, 2.75) is 25.3 Å². The van der Waals surface area contributed by atoms with Crippen LogP contribution in [0, 0.1) is 11.8 Å². The first-order valence-electron chi connectivity index (χ1n) is 5.74. The minimum absolute atomic E-state index is 0.221. The summed E-state index contributed by atoms with van der Waals surface area (Å²) in [6, 6.07) is 0.315. The second-order valence-electron chi connectivity index (χ2n) is 4.71. The van der Waals surface area contributed by atoms with Gasteiger partial charge in [0.15, 0.2) is 0 Å². The molecule has 3 unspecified atom stereocenters. The van der Waals surface area contributed by atoms with Crippen LogP contribution in [0.5, 0.6) is 0 Å². The molecule has 0 aromatic carbocycles. The number of methoxy groups -OCH3 is 1. The highest BCUT2D eigenvalue weighted by molar-refractivity contribution is 5.76. The van der Waals surface area contributed by atoms with E-state index >= 15 is 0 Å². The van der Waals surface area contributed by atoms with Gasteiger partial charge in [0.05, 0.1) is 13.0 Å². The fourth-order valence-electron chi connectivity index (χ4n) is 2.86. The van der Waals surface area contributed by atoms with Crippen molar-refractivity contribution in [3.8, 4) is 0 Å². The lowest BCUT2D eigenvalue weighted by atomic mass is 9.98. The van der Waals surface area contributed by atoms with Crippen LogP contribution in [0.25, 0.3) is 0 Å². The lowest BCUT2D eigenvalue weighted by Gasteiger charge is -2.18. The van der Waals surface area contributed by atoms with E-state index in [1.165, 1.54) is 6.42 Å². The van der Waals surface area contributed by atoms with Crippen molar-refractivity contribution in [2.24, 2.45) is 17.6 Å². The quantitative estimate of drug-likeness (QED) is 0.728. The minimum Gasteiger partial charge on any atom is -0.384 e. The molecular formula is C11H20N2O2. The molecule has 3 atom stereocenters. The third-order valence-electron chi connectivity index (χ3n) is 3.79. The molecule has 0 aromatic heterocycles. The van der Waals surface area contributed by atoms with Crippen LogP contribution in [0.4, 0.5) is 0 Å². The van der Waals surface area contributed by atoms with Crippen LogP contribution in [0.15, 0.2) is 0 Å². The predicted molar refractivity (Wildman–Crippen MR) is 57.3 cm³/mol. The first kappa shape index (κ1) is 10.9. The van der Waals surface area contributed by atoms with Crippen LogP contribution in [0.3, 0.4) is 0 Å². The normalized spacial score (nSPS) is 34.5. The largest absolute Gasteiger partial charge is 0.384 e. The fourth-order valence-corrected chi connectivity index (χ4v) is 2.86. The van der Waals surface area contributed by atoms with Crippen molar-refractivity contribution in [2.75, 3.05) is 26.8 Å². The Bertz CT molecular complexity index is 245. The van der Waals surface area contributed by atoms with Crippen molar-refractivity contribution in [3.63, 3.8) is 0 Å². The van der Waals surface area contributed by atoms with Gasteiger partial charge < -0.3 is 15.4 Å². The zero-order valence-corrected chi connectivity index (χ0v) is 9.32. The molecule has 1 saturated carbocycles. The lowest BCUT2D eigenvalue weighted by Crippen LogP contribution is -2.33. The highest BCUT2D eigenvalue weighted by Crippen LogP contribution is 2.37. The summed E-state index contributed by atoms with van der Waals surface area (Å²) in [5.41, 5.74) is 6.02. The highest BCUT2D eigenvalue weighted by Gasteiger charge is 2.42. The molecule has 1 saturated heterocycles. The number of fused-ring (bicyclic) bond motifs is 1. The maximum Gasteiger partial charge on any atom is 0.224 e. The molecule has 86 valence electrons. The molecule has 0 radical (unpaired) electrons. The maximum absolute atomic E-state index is 11.7. The number of rotatable bonds is 3. The highest BCUT2D eigenvalue weighted by atomic mass is 16.5. The molecule has 15 heavy (non-hydrogen) atoms. The molecule has 0 spiro atoms. The Morgan fingerprint density at radius 2 is 2.27 bits per heavy atom. The van der Waals surface area contributed by atoms with Gasteiger partial charge in [-0.25, -0.2) is 0 Å². The minimum atomic E-state index is 0.221. The number of amides is 1. The Balaban J connectivity index is 1.85. The van der Waals surface area contributed by atoms with Crippen molar-refractivity contribution < 1.29 is 9.53 Å². The third kappa shape index (κ3) is 2.16. The predicted octanol–water partition coefficient (Wildman–Crippen LogP) is 0.219. The molecule has 4 heteroatoms. The van der Waals surface area contributed by atoms with Gasteiger partial charge in [-0.3, -0.25) is 4.79 Å². The van der Waals surface area contributed by atoms with E-state index in [1.807, 2.05) is 4.90 Å². The van der Waals surface area contributed by atoms with Gasteiger partial charge in [0.1, 0.15) is 0 Å². The van der Waals surface area contributed by atoms with E-state index in [0.29, 0.717) is 30.9 Å². The van der Waals surface area contributed by atoms with Crippen LogP contribution in [0.2, 0.25) is 0 Å². The summed E-state index contributed by atoms with van der Waals surface area (Å²) < 4.78 is 4.91. The molecule has 0 bridgehead atoms. The smallest absolute Gasteiger partial charge is 0.224 e. The van der Waals surface area contributed by atoms with Crippen LogP contribution in [-0.4, -0.2) is 43.7 Å². The zero-order valence-electron chi connectivity index (χ0n) is 9.32. The molecular weight excluding hydrogens is 192 g/mol. The van der Waals surface area contributed by atoms with E-state index in [0.717, 1.165) is 19.5 Å². The summed E-state index contributed by atoms with van der Waals surface area (Å²) in [6.07, 6.45) is 2.83. The number of hydrogen-bond acceptors (Lipinski definition) is 3. The molecule has 1 aliphatic carbocycles. The Morgan fingerprint density at radius 3 is 2.93 bits per heavy atom. The van der Waals surface area contributed by atoms with E-state index in [9.17, 15) is 4.79 Å². The van der Waals surface area contributed by atoms with Gasteiger partial charge in [-0.15, -0.1) is 0 Å².